The molecule has 1 aromatic rings. The molecule has 13 heavy (non-hydrogen) atoms. The molecule has 0 aliphatic rings. The van der Waals surface area contributed by atoms with E-state index in [4.69, 9.17) is 4.74 Å². The lowest BCUT2D eigenvalue weighted by Gasteiger charge is -2.09. The van der Waals surface area contributed by atoms with Crippen molar-refractivity contribution in [2.24, 2.45) is 0 Å². The number of hydrogen-bond acceptors (Lipinski definition) is 2. The summed E-state index contributed by atoms with van der Waals surface area (Å²) < 4.78 is 5.03. The second-order valence-corrected chi connectivity index (χ2v) is 3.08. The van der Waals surface area contributed by atoms with Gasteiger partial charge in [0.1, 0.15) is 5.75 Å². The molecule has 72 valence electrons. The first kappa shape index (κ1) is 10.1. The zero-order valence-electron chi connectivity index (χ0n) is 8.16. The zero-order valence-corrected chi connectivity index (χ0v) is 8.16. The monoisotopic (exact) mass is 180 g/mol. The fourth-order valence-electron chi connectivity index (χ4n) is 1.27. The lowest BCUT2D eigenvalue weighted by molar-refractivity contribution is 0.166. The first-order valence-electron chi connectivity index (χ1n) is 4.60. The van der Waals surface area contributed by atoms with Crippen molar-refractivity contribution in [3.05, 3.63) is 29.8 Å². The van der Waals surface area contributed by atoms with E-state index in [9.17, 15) is 5.11 Å². The van der Waals surface area contributed by atoms with Crippen LogP contribution in [0.4, 0.5) is 0 Å². The highest BCUT2D eigenvalue weighted by atomic mass is 16.5. The third-order valence-corrected chi connectivity index (χ3v) is 2.06. The molecule has 0 heterocycles. The molecule has 0 saturated carbocycles. The number of aliphatic hydroxyl groups is 1. The van der Waals surface area contributed by atoms with Gasteiger partial charge in [0.25, 0.3) is 0 Å². The van der Waals surface area contributed by atoms with Crippen LogP contribution in [0.2, 0.25) is 0 Å². The van der Waals surface area contributed by atoms with Gasteiger partial charge < -0.3 is 9.84 Å². The molecular formula is C11H16O2. The second kappa shape index (κ2) is 4.87. The molecule has 0 saturated heterocycles. The van der Waals surface area contributed by atoms with Crippen molar-refractivity contribution in [3.8, 4) is 5.75 Å². The maximum atomic E-state index is 9.64. The molecular weight excluding hydrogens is 164 g/mol. The Hall–Kier alpha value is -1.02. The number of aliphatic hydroxyl groups excluding tert-OH is 1. The summed E-state index contributed by atoms with van der Waals surface area (Å²) in [4.78, 5) is 0. The van der Waals surface area contributed by atoms with E-state index in [-0.39, 0.29) is 6.10 Å². The Morgan fingerprint density at radius 3 is 2.38 bits per heavy atom. The van der Waals surface area contributed by atoms with Crippen LogP contribution >= 0.6 is 0 Å². The quantitative estimate of drug-likeness (QED) is 0.771. The first-order valence-corrected chi connectivity index (χ1v) is 4.60. The summed E-state index contributed by atoms with van der Waals surface area (Å²) in [5, 5.41) is 9.64. The topological polar surface area (TPSA) is 29.5 Å². The molecule has 0 bridgehead atoms. The van der Waals surface area contributed by atoms with E-state index in [0.29, 0.717) is 0 Å². The minimum Gasteiger partial charge on any atom is -0.497 e. The molecule has 0 fully saturated rings. The van der Waals surface area contributed by atoms with Crippen LogP contribution in [0.3, 0.4) is 0 Å². The van der Waals surface area contributed by atoms with Crippen molar-refractivity contribution in [3.63, 3.8) is 0 Å². The predicted octanol–water partition coefficient (Wildman–Crippen LogP) is 2.53. The van der Waals surface area contributed by atoms with Gasteiger partial charge >= 0.3 is 0 Å². The van der Waals surface area contributed by atoms with Gasteiger partial charge in [-0.2, -0.15) is 0 Å². The molecule has 1 N–H and O–H groups in total. The van der Waals surface area contributed by atoms with E-state index in [2.05, 4.69) is 6.92 Å². The van der Waals surface area contributed by atoms with Crippen molar-refractivity contribution in [1.82, 2.24) is 0 Å². The maximum Gasteiger partial charge on any atom is 0.118 e. The standard InChI is InChI=1S/C11H16O2/c1-3-4-11(12)9-5-7-10(13-2)8-6-9/h5-8,11-12H,3-4H2,1-2H3/t11-/m1/s1. The summed E-state index contributed by atoms with van der Waals surface area (Å²) >= 11 is 0. The van der Waals surface area contributed by atoms with Crippen LogP contribution in [0.1, 0.15) is 31.4 Å². The van der Waals surface area contributed by atoms with Gasteiger partial charge in [-0.3, -0.25) is 0 Å². The Morgan fingerprint density at radius 1 is 1.31 bits per heavy atom. The molecule has 0 aliphatic heterocycles. The van der Waals surface area contributed by atoms with Crippen molar-refractivity contribution in [2.45, 2.75) is 25.9 Å². The Bertz CT molecular complexity index is 241. The smallest absolute Gasteiger partial charge is 0.118 e. The summed E-state index contributed by atoms with van der Waals surface area (Å²) in [7, 11) is 1.64. The van der Waals surface area contributed by atoms with Crippen LogP contribution in [0.15, 0.2) is 24.3 Å². The Labute approximate surface area is 79.2 Å². The van der Waals surface area contributed by atoms with E-state index in [1.165, 1.54) is 0 Å². The molecule has 1 rings (SSSR count). The summed E-state index contributed by atoms with van der Waals surface area (Å²) in [6.45, 7) is 2.06. The lowest BCUT2D eigenvalue weighted by atomic mass is 10.1. The Morgan fingerprint density at radius 2 is 1.92 bits per heavy atom. The Kier molecular flexibility index (Phi) is 3.77. The van der Waals surface area contributed by atoms with E-state index < -0.39 is 0 Å². The highest BCUT2D eigenvalue weighted by molar-refractivity contribution is 5.28. The fourth-order valence-corrected chi connectivity index (χ4v) is 1.27. The fraction of sp³-hybridized carbons (Fsp3) is 0.455. The minimum absolute atomic E-state index is 0.337. The van der Waals surface area contributed by atoms with Crippen molar-refractivity contribution in [2.75, 3.05) is 7.11 Å². The van der Waals surface area contributed by atoms with Crippen molar-refractivity contribution < 1.29 is 9.84 Å². The number of rotatable bonds is 4. The van der Waals surface area contributed by atoms with Crippen LogP contribution in [0.25, 0.3) is 0 Å². The van der Waals surface area contributed by atoms with E-state index in [1.807, 2.05) is 24.3 Å². The molecule has 0 amide bonds. The number of methoxy groups -OCH3 is 1. The predicted molar refractivity (Wildman–Crippen MR) is 52.9 cm³/mol. The number of ether oxygens (including phenoxy) is 1. The molecule has 0 aliphatic carbocycles. The second-order valence-electron chi connectivity index (χ2n) is 3.08. The van der Waals surface area contributed by atoms with E-state index >= 15 is 0 Å². The summed E-state index contributed by atoms with van der Waals surface area (Å²) in [6.07, 6.45) is 1.47. The van der Waals surface area contributed by atoms with Gasteiger partial charge in [0.2, 0.25) is 0 Å². The molecule has 0 spiro atoms. The molecule has 0 aromatic heterocycles. The van der Waals surface area contributed by atoms with Crippen LogP contribution < -0.4 is 4.74 Å². The van der Waals surface area contributed by atoms with Crippen LogP contribution in [0, 0.1) is 0 Å². The largest absolute Gasteiger partial charge is 0.497 e. The van der Waals surface area contributed by atoms with Crippen LogP contribution in [-0.2, 0) is 0 Å². The van der Waals surface area contributed by atoms with E-state index in [1.54, 1.807) is 7.11 Å². The Balaban J connectivity index is 2.67. The molecule has 2 nitrogen and oxygen atoms in total. The summed E-state index contributed by atoms with van der Waals surface area (Å²) in [5.74, 6) is 0.826. The van der Waals surface area contributed by atoms with Gasteiger partial charge in [0.05, 0.1) is 13.2 Å². The van der Waals surface area contributed by atoms with Gasteiger partial charge in [-0.1, -0.05) is 25.5 Å². The highest BCUT2D eigenvalue weighted by Crippen LogP contribution is 2.20. The molecule has 1 aromatic carbocycles. The average Bonchev–Trinajstić information content (AvgIpc) is 2.18. The third-order valence-electron chi connectivity index (χ3n) is 2.06. The maximum absolute atomic E-state index is 9.64. The lowest BCUT2D eigenvalue weighted by Crippen LogP contribution is -1.96. The van der Waals surface area contributed by atoms with Gasteiger partial charge in [-0.25, -0.2) is 0 Å². The SMILES string of the molecule is CCC[C@@H](O)c1ccc(OC)cc1. The zero-order chi connectivity index (χ0) is 9.68. The summed E-state index contributed by atoms with van der Waals surface area (Å²) in [5.41, 5.74) is 0.961. The first-order chi connectivity index (χ1) is 6.27. The molecule has 1 atom stereocenters. The molecule has 0 radical (unpaired) electrons. The normalized spacial score (nSPS) is 12.5. The number of benzene rings is 1. The van der Waals surface area contributed by atoms with Crippen LogP contribution in [0.5, 0.6) is 5.75 Å². The van der Waals surface area contributed by atoms with Gasteiger partial charge in [0.15, 0.2) is 0 Å². The number of hydrogen-bond donors (Lipinski definition) is 1. The average molecular weight is 180 g/mol. The third kappa shape index (κ3) is 2.74. The van der Waals surface area contributed by atoms with Crippen molar-refractivity contribution >= 4 is 0 Å². The van der Waals surface area contributed by atoms with Gasteiger partial charge in [-0.15, -0.1) is 0 Å². The van der Waals surface area contributed by atoms with Gasteiger partial charge in [0, 0.05) is 0 Å². The minimum atomic E-state index is -0.337. The highest BCUT2D eigenvalue weighted by Gasteiger charge is 2.05. The van der Waals surface area contributed by atoms with Crippen molar-refractivity contribution in [1.29, 1.82) is 0 Å². The summed E-state index contributed by atoms with van der Waals surface area (Å²) in [6, 6.07) is 7.54. The van der Waals surface area contributed by atoms with Gasteiger partial charge in [-0.05, 0) is 24.1 Å². The molecule has 0 unspecified atom stereocenters. The van der Waals surface area contributed by atoms with E-state index in [0.717, 1.165) is 24.2 Å². The molecule has 2 heteroatoms. The van der Waals surface area contributed by atoms with Crippen LogP contribution in [-0.4, -0.2) is 12.2 Å².